The van der Waals surface area contributed by atoms with Crippen molar-refractivity contribution in [2.24, 2.45) is 0 Å². The normalized spacial score (nSPS) is 23.3. The number of hydrogen-bond acceptors (Lipinski definition) is 7. The van der Waals surface area contributed by atoms with Crippen LogP contribution in [0.25, 0.3) is 0 Å². The number of rotatable bonds is 7. The zero-order chi connectivity index (χ0) is 19.2. The summed E-state index contributed by atoms with van der Waals surface area (Å²) < 4.78 is 0. The molecule has 0 saturated carbocycles. The second-order valence-corrected chi connectivity index (χ2v) is 7.49. The van der Waals surface area contributed by atoms with Gasteiger partial charge < -0.3 is 20.9 Å². The van der Waals surface area contributed by atoms with Crippen molar-refractivity contribution in [1.82, 2.24) is 31.2 Å². The lowest BCUT2D eigenvalue weighted by molar-refractivity contribution is -0.141. The van der Waals surface area contributed by atoms with Gasteiger partial charge in [0.05, 0.1) is 12.5 Å². The third-order valence-corrected chi connectivity index (χ3v) is 5.35. The first-order chi connectivity index (χ1) is 13.0. The van der Waals surface area contributed by atoms with E-state index in [1.54, 1.807) is 11.8 Å². The average Bonchev–Trinajstić information content (AvgIpc) is 3.34. The van der Waals surface area contributed by atoms with Crippen molar-refractivity contribution in [2.75, 3.05) is 11.6 Å². The lowest BCUT2D eigenvalue weighted by atomic mass is 10.0. The smallest absolute Gasteiger partial charge is 0.290 e. The molecular weight excluding hydrogens is 372 g/mol. The third kappa shape index (κ3) is 5.30. The zero-order valence-corrected chi connectivity index (χ0v) is 15.4. The maximum atomic E-state index is 12.7. The van der Waals surface area contributed by atoms with Crippen LogP contribution < -0.4 is 21.3 Å². The minimum atomic E-state index is -1.05. The van der Waals surface area contributed by atoms with E-state index in [-0.39, 0.29) is 18.5 Å². The third-order valence-electron chi connectivity index (χ3n) is 4.41. The molecular formula is C16H22N6O4S. The molecule has 2 fully saturated rings. The Balaban J connectivity index is 1.65. The van der Waals surface area contributed by atoms with Gasteiger partial charge in [0.2, 0.25) is 17.6 Å². The van der Waals surface area contributed by atoms with E-state index in [1.165, 1.54) is 12.5 Å². The number of nitrogens with zero attached hydrogens (tertiary/aromatic N) is 1. The molecule has 3 rings (SSSR count). The van der Waals surface area contributed by atoms with E-state index >= 15 is 0 Å². The molecule has 0 bridgehead atoms. The lowest BCUT2D eigenvalue weighted by Gasteiger charge is -2.25. The van der Waals surface area contributed by atoms with Crippen LogP contribution in [0.15, 0.2) is 12.5 Å². The average molecular weight is 394 g/mol. The molecule has 1 aromatic heterocycles. The molecule has 3 heterocycles. The monoisotopic (exact) mass is 394 g/mol. The van der Waals surface area contributed by atoms with Crippen LogP contribution in [0.1, 0.15) is 25.0 Å². The Hall–Kier alpha value is -2.40. The number of thioether (sulfide) groups is 1. The Kier molecular flexibility index (Phi) is 6.45. The van der Waals surface area contributed by atoms with Crippen molar-refractivity contribution in [3.8, 4) is 0 Å². The minimum absolute atomic E-state index is 0.103. The molecule has 27 heavy (non-hydrogen) atoms. The van der Waals surface area contributed by atoms with E-state index in [9.17, 15) is 19.2 Å². The number of piperidine rings is 1. The standard InChI is InChI=1S/C16H22N6O4S/c23-13-3-1-2-10(20-13)15(25)21-11(4-9-5-17-7-18-9)14(24)16(26)22-12-6-27-8-19-12/h5,7,10-12,19H,1-4,6,8H2,(H,17,18)(H,20,23)(H,21,25)(H,22,26)/t10?,11-,12?/m0/s1. The molecule has 2 aliphatic heterocycles. The SMILES string of the molecule is O=C1CCCC(C(=O)N[C@@H](Cc2cnc[nH]2)C(=O)C(=O)NC2CSCN2)N1. The van der Waals surface area contributed by atoms with Crippen LogP contribution in [0.5, 0.6) is 0 Å². The van der Waals surface area contributed by atoms with Gasteiger partial charge in [0, 0.05) is 36.4 Å². The molecule has 146 valence electrons. The first-order valence-corrected chi connectivity index (χ1v) is 9.91. The highest BCUT2D eigenvalue weighted by Crippen LogP contribution is 2.10. The number of carbonyl (C=O) groups excluding carboxylic acids is 4. The van der Waals surface area contributed by atoms with E-state index in [0.29, 0.717) is 36.6 Å². The number of aromatic nitrogens is 2. The molecule has 11 heteroatoms. The summed E-state index contributed by atoms with van der Waals surface area (Å²) in [6.45, 7) is 0. The van der Waals surface area contributed by atoms with Gasteiger partial charge in [-0.05, 0) is 12.8 Å². The quantitative estimate of drug-likeness (QED) is 0.351. The summed E-state index contributed by atoms with van der Waals surface area (Å²) >= 11 is 1.62. The van der Waals surface area contributed by atoms with Gasteiger partial charge >= 0.3 is 0 Å². The van der Waals surface area contributed by atoms with Gasteiger partial charge in [-0.15, -0.1) is 11.8 Å². The number of hydrogen-bond donors (Lipinski definition) is 5. The molecule has 2 unspecified atom stereocenters. The highest BCUT2D eigenvalue weighted by atomic mass is 32.2. The first-order valence-electron chi connectivity index (χ1n) is 8.76. The number of imidazole rings is 1. The van der Waals surface area contributed by atoms with E-state index in [0.717, 1.165) is 0 Å². The highest BCUT2D eigenvalue weighted by molar-refractivity contribution is 7.99. The molecule has 5 N–H and O–H groups in total. The summed E-state index contributed by atoms with van der Waals surface area (Å²) in [7, 11) is 0. The number of aromatic amines is 1. The maximum Gasteiger partial charge on any atom is 0.290 e. The van der Waals surface area contributed by atoms with Crippen LogP contribution in [0.4, 0.5) is 0 Å². The summed E-state index contributed by atoms with van der Waals surface area (Å²) in [6, 6.07) is -1.75. The van der Waals surface area contributed by atoms with Crippen LogP contribution >= 0.6 is 11.8 Å². The number of nitrogens with one attached hydrogen (secondary N) is 5. The van der Waals surface area contributed by atoms with Crippen LogP contribution in [0, 0.1) is 0 Å². The Labute approximate surface area is 160 Å². The Morgan fingerprint density at radius 1 is 1.37 bits per heavy atom. The molecule has 2 aliphatic rings. The number of ketones is 1. The summed E-state index contributed by atoms with van der Waals surface area (Å²) in [6.07, 6.45) is 4.31. The Morgan fingerprint density at radius 3 is 2.89 bits per heavy atom. The van der Waals surface area contributed by atoms with E-state index in [2.05, 4.69) is 31.2 Å². The second kappa shape index (κ2) is 9.00. The topological polar surface area (TPSA) is 145 Å². The Morgan fingerprint density at radius 2 is 2.22 bits per heavy atom. The largest absolute Gasteiger partial charge is 0.348 e. The fourth-order valence-electron chi connectivity index (χ4n) is 2.98. The van der Waals surface area contributed by atoms with Gasteiger partial charge in [0.15, 0.2) is 0 Å². The van der Waals surface area contributed by atoms with Crippen molar-refractivity contribution < 1.29 is 19.2 Å². The summed E-state index contributed by atoms with van der Waals surface area (Å²) in [4.78, 5) is 55.7. The molecule has 0 aliphatic carbocycles. The minimum Gasteiger partial charge on any atom is -0.348 e. The molecule has 0 aromatic carbocycles. The van der Waals surface area contributed by atoms with Gasteiger partial charge in [0.25, 0.3) is 5.91 Å². The van der Waals surface area contributed by atoms with Gasteiger partial charge in [-0.2, -0.15) is 0 Å². The molecule has 3 amide bonds. The van der Waals surface area contributed by atoms with Crippen LogP contribution in [0.3, 0.4) is 0 Å². The fourth-order valence-corrected chi connectivity index (χ4v) is 3.85. The molecule has 1 aromatic rings. The van der Waals surface area contributed by atoms with Gasteiger partial charge in [-0.25, -0.2) is 4.98 Å². The summed E-state index contributed by atoms with van der Waals surface area (Å²) in [5, 5.41) is 10.9. The molecule has 2 saturated heterocycles. The lowest BCUT2D eigenvalue weighted by Crippen LogP contribution is -2.56. The maximum absolute atomic E-state index is 12.7. The van der Waals surface area contributed by atoms with Crippen molar-refractivity contribution in [3.05, 3.63) is 18.2 Å². The predicted octanol–water partition coefficient (Wildman–Crippen LogP) is -1.59. The van der Waals surface area contributed by atoms with Crippen LogP contribution in [-0.2, 0) is 25.6 Å². The van der Waals surface area contributed by atoms with Crippen LogP contribution in [-0.4, -0.2) is 63.4 Å². The molecule has 10 nitrogen and oxygen atoms in total. The summed E-state index contributed by atoms with van der Waals surface area (Å²) in [5.74, 6) is -0.783. The van der Waals surface area contributed by atoms with E-state index in [4.69, 9.17) is 0 Å². The molecule has 0 radical (unpaired) electrons. The number of H-pyrrole nitrogens is 1. The van der Waals surface area contributed by atoms with Gasteiger partial charge in [0.1, 0.15) is 12.1 Å². The summed E-state index contributed by atoms with van der Waals surface area (Å²) in [5.41, 5.74) is 0.615. The van der Waals surface area contributed by atoms with Gasteiger partial charge in [-0.3, -0.25) is 24.5 Å². The van der Waals surface area contributed by atoms with Crippen LogP contribution in [0.2, 0.25) is 0 Å². The fraction of sp³-hybridized carbons (Fsp3) is 0.562. The number of Topliss-reactive ketones (excluding diaryl/α,β-unsaturated/α-hetero) is 1. The van der Waals surface area contributed by atoms with Crippen molar-refractivity contribution in [3.63, 3.8) is 0 Å². The van der Waals surface area contributed by atoms with E-state index in [1.807, 2.05) is 0 Å². The first kappa shape index (κ1) is 19.4. The van der Waals surface area contributed by atoms with E-state index < -0.39 is 29.7 Å². The number of amides is 3. The Bertz CT molecular complexity index is 704. The molecule has 0 spiro atoms. The van der Waals surface area contributed by atoms with Crippen molar-refractivity contribution in [2.45, 2.75) is 43.9 Å². The van der Waals surface area contributed by atoms with Crippen molar-refractivity contribution in [1.29, 1.82) is 0 Å². The van der Waals surface area contributed by atoms with Crippen molar-refractivity contribution >= 4 is 35.3 Å². The predicted molar refractivity (Wildman–Crippen MR) is 97.4 cm³/mol. The zero-order valence-electron chi connectivity index (χ0n) is 14.6. The second-order valence-electron chi connectivity index (χ2n) is 6.46. The van der Waals surface area contributed by atoms with Gasteiger partial charge in [-0.1, -0.05) is 0 Å². The molecule has 3 atom stereocenters. The highest BCUT2D eigenvalue weighted by Gasteiger charge is 2.32. The number of carbonyl (C=O) groups is 4.